The van der Waals surface area contributed by atoms with Gasteiger partial charge in [0.05, 0.1) is 28.3 Å². The number of aliphatic imine (C=N–C) groups is 1. The minimum absolute atomic E-state index is 0.0290. The van der Waals surface area contributed by atoms with Crippen LogP contribution in [0, 0.1) is 23.0 Å². The number of halogens is 1. The van der Waals surface area contributed by atoms with Crippen molar-refractivity contribution in [1.29, 1.82) is 0 Å². The van der Waals surface area contributed by atoms with Crippen molar-refractivity contribution >= 4 is 34.9 Å². The van der Waals surface area contributed by atoms with Gasteiger partial charge in [0.15, 0.2) is 11.5 Å². The highest BCUT2D eigenvalue weighted by molar-refractivity contribution is 6.32. The molecule has 0 bridgehead atoms. The highest BCUT2D eigenvalue weighted by Gasteiger charge is 2.37. The summed E-state index contributed by atoms with van der Waals surface area (Å²) in [4.78, 5) is 15.2. The van der Waals surface area contributed by atoms with Crippen molar-refractivity contribution in [2.45, 2.75) is 38.8 Å². The Morgan fingerprint density at radius 1 is 1.05 bits per heavy atom. The van der Waals surface area contributed by atoms with Crippen LogP contribution >= 0.6 is 11.6 Å². The zero-order chi connectivity index (χ0) is 29.9. The first-order valence-electron chi connectivity index (χ1n) is 14.4. The predicted octanol–water partition coefficient (Wildman–Crippen LogP) is 9.11. The number of allylic oxidation sites excluding steroid dienone is 2. The lowest BCUT2D eigenvalue weighted by Gasteiger charge is -2.37. The van der Waals surface area contributed by atoms with E-state index < -0.39 is 4.92 Å². The van der Waals surface area contributed by atoms with Crippen molar-refractivity contribution in [2.75, 3.05) is 11.9 Å². The van der Waals surface area contributed by atoms with Crippen molar-refractivity contribution in [2.24, 2.45) is 10.9 Å². The third kappa shape index (κ3) is 6.13. The molecule has 4 aromatic rings. The Labute approximate surface area is 256 Å². The van der Waals surface area contributed by atoms with Gasteiger partial charge < -0.3 is 14.8 Å². The van der Waals surface area contributed by atoms with Gasteiger partial charge in [0.2, 0.25) is 0 Å². The zero-order valence-electron chi connectivity index (χ0n) is 24.0. The molecule has 2 aliphatic rings. The van der Waals surface area contributed by atoms with E-state index in [0.29, 0.717) is 35.0 Å². The highest BCUT2D eigenvalue weighted by Crippen LogP contribution is 2.50. The van der Waals surface area contributed by atoms with Crippen LogP contribution in [0.2, 0.25) is 5.02 Å². The first-order chi connectivity index (χ1) is 20.9. The molecule has 0 radical (unpaired) electrons. The summed E-state index contributed by atoms with van der Waals surface area (Å²) in [6.45, 7) is 4.66. The van der Waals surface area contributed by atoms with Gasteiger partial charge in [-0.25, -0.2) is 0 Å². The second-order valence-corrected chi connectivity index (χ2v) is 11.3. The van der Waals surface area contributed by atoms with Gasteiger partial charge in [-0.2, -0.15) is 0 Å². The van der Waals surface area contributed by atoms with Gasteiger partial charge in [-0.3, -0.25) is 15.1 Å². The van der Waals surface area contributed by atoms with Gasteiger partial charge >= 0.3 is 0 Å². The average Bonchev–Trinajstić information content (AvgIpc) is 3.51. The third-order valence-corrected chi connectivity index (χ3v) is 8.28. The maximum Gasteiger partial charge on any atom is 0.269 e. The number of benzene rings is 4. The van der Waals surface area contributed by atoms with E-state index in [9.17, 15) is 10.1 Å². The number of nitrogens with zero attached hydrogens (tertiary/aromatic N) is 2. The van der Waals surface area contributed by atoms with Crippen LogP contribution in [-0.4, -0.2) is 17.7 Å². The molecule has 43 heavy (non-hydrogen) atoms. The number of rotatable bonds is 9. The van der Waals surface area contributed by atoms with Crippen LogP contribution in [0.15, 0.2) is 96.0 Å². The van der Waals surface area contributed by atoms with E-state index in [4.69, 9.17) is 26.1 Å². The van der Waals surface area contributed by atoms with E-state index in [2.05, 4.69) is 54.7 Å². The third-order valence-electron chi connectivity index (χ3n) is 8.00. The highest BCUT2D eigenvalue weighted by atomic mass is 35.5. The fourth-order valence-corrected chi connectivity index (χ4v) is 6.17. The normalized spacial score (nSPS) is 18.6. The molecule has 1 N–H and O–H groups in total. The molecule has 3 atom stereocenters. The second kappa shape index (κ2) is 12.3. The summed E-state index contributed by atoms with van der Waals surface area (Å²) < 4.78 is 11.8. The predicted molar refractivity (Wildman–Crippen MR) is 171 cm³/mol. The quantitative estimate of drug-likeness (QED) is 0.0905. The molecule has 0 saturated carbocycles. The number of nitrogens with one attached hydrogen (secondary N) is 1. The number of nitro groups is 1. The molecule has 0 fully saturated rings. The van der Waals surface area contributed by atoms with Crippen molar-refractivity contribution in [3.63, 3.8) is 0 Å². The molecular weight excluding hydrogens is 562 g/mol. The molecule has 7 nitrogen and oxygen atoms in total. The second-order valence-electron chi connectivity index (χ2n) is 10.9. The van der Waals surface area contributed by atoms with Crippen LogP contribution in [0.3, 0.4) is 0 Å². The molecule has 0 spiro atoms. The first-order valence-corrected chi connectivity index (χ1v) is 14.8. The van der Waals surface area contributed by atoms with Crippen LogP contribution in [-0.2, 0) is 6.61 Å². The Morgan fingerprint density at radius 2 is 1.84 bits per heavy atom. The van der Waals surface area contributed by atoms with Crippen molar-refractivity contribution in [3.8, 4) is 11.5 Å². The zero-order valence-corrected chi connectivity index (χ0v) is 24.8. The number of hydrogen-bond donors (Lipinski definition) is 1. The van der Waals surface area contributed by atoms with Crippen LogP contribution in [0.25, 0.3) is 0 Å². The molecule has 1 aliphatic heterocycles. The van der Waals surface area contributed by atoms with Gasteiger partial charge in [0.25, 0.3) is 5.69 Å². The number of hydrogen-bond acceptors (Lipinski definition) is 6. The fourth-order valence-electron chi connectivity index (χ4n) is 5.90. The Morgan fingerprint density at radius 3 is 2.58 bits per heavy atom. The summed E-state index contributed by atoms with van der Waals surface area (Å²) in [6, 6.07) is 25.2. The number of non-ortho nitro benzene ring substituents is 1. The Balaban J connectivity index is 1.16. The van der Waals surface area contributed by atoms with Crippen LogP contribution in [0.5, 0.6) is 11.5 Å². The lowest BCUT2D eigenvalue weighted by Crippen LogP contribution is -2.29. The van der Waals surface area contributed by atoms with Gasteiger partial charge in [-0.05, 0) is 90.9 Å². The molecule has 6 rings (SSSR count). The monoisotopic (exact) mass is 593 g/mol. The van der Waals surface area contributed by atoms with Crippen molar-refractivity contribution in [1.82, 2.24) is 0 Å². The summed E-state index contributed by atoms with van der Waals surface area (Å²) >= 11 is 6.61. The number of anilines is 1. The summed E-state index contributed by atoms with van der Waals surface area (Å²) in [6.07, 6.45) is 7.50. The van der Waals surface area contributed by atoms with Crippen LogP contribution in [0.4, 0.5) is 17.1 Å². The maximum atomic E-state index is 10.9. The van der Waals surface area contributed by atoms with E-state index in [1.165, 1.54) is 34.5 Å². The smallest absolute Gasteiger partial charge is 0.269 e. The fraction of sp³-hybridized carbons (Fsp3) is 0.229. The number of aryl methyl sites for hydroxylation is 1. The van der Waals surface area contributed by atoms with E-state index >= 15 is 0 Å². The molecule has 0 amide bonds. The molecular formula is C35H32ClN3O4. The van der Waals surface area contributed by atoms with Crippen molar-refractivity contribution in [3.05, 3.63) is 134 Å². The van der Waals surface area contributed by atoms with Gasteiger partial charge in [-0.15, -0.1) is 0 Å². The van der Waals surface area contributed by atoms with Gasteiger partial charge in [0, 0.05) is 30.0 Å². The topological polar surface area (TPSA) is 86.0 Å². The number of ether oxygens (including phenoxy) is 2. The minimum Gasteiger partial charge on any atom is -0.490 e. The van der Waals surface area contributed by atoms with Crippen molar-refractivity contribution < 1.29 is 14.4 Å². The van der Waals surface area contributed by atoms with E-state index in [1.807, 2.05) is 25.1 Å². The molecule has 0 unspecified atom stereocenters. The molecule has 4 aromatic carbocycles. The average molecular weight is 594 g/mol. The standard InChI is InChI=1S/C35H32ClN3O4/c1-3-42-33-19-24(18-31(36)35(33)43-21-23-8-14-27(15-9-23)39(40)41)20-37-26-12-10-25(11-13-26)34-29-6-4-5-28(29)30-17-22(2)7-16-32(30)38-34/h4-5,7-20,28-29,34,38H,3,6,21H2,1-2H3/t28-,29+,34-/m0/s1. The lowest BCUT2D eigenvalue weighted by molar-refractivity contribution is -0.384. The minimum atomic E-state index is -0.431. The molecule has 0 saturated heterocycles. The summed E-state index contributed by atoms with van der Waals surface area (Å²) in [5.74, 6) is 1.85. The Kier molecular flexibility index (Phi) is 8.16. The van der Waals surface area contributed by atoms with Crippen LogP contribution < -0.4 is 14.8 Å². The van der Waals surface area contributed by atoms with E-state index in [-0.39, 0.29) is 18.3 Å². The SMILES string of the molecule is CCOc1cc(C=Nc2ccc([C@@H]3Nc4ccc(C)cc4[C@H]4C=CC[C@H]43)cc2)cc(Cl)c1OCc1ccc([N+](=O)[O-])cc1. The van der Waals surface area contributed by atoms with E-state index in [1.54, 1.807) is 24.4 Å². The largest absolute Gasteiger partial charge is 0.490 e. The molecule has 8 heteroatoms. The summed E-state index contributed by atoms with van der Waals surface area (Å²) in [5.41, 5.74) is 7.57. The number of nitro benzene ring substituents is 1. The Hall–Kier alpha value is -4.62. The van der Waals surface area contributed by atoms with Gasteiger partial charge in [-0.1, -0.05) is 53.6 Å². The first kappa shape index (κ1) is 28.5. The van der Waals surface area contributed by atoms with Gasteiger partial charge in [0.1, 0.15) is 6.61 Å². The summed E-state index contributed by atoms with van der Waals surface area (Å²) in [7, 11) is 0. The van der Waals surface area contributed by atoms with E-state index in [0.717, 1.165) is 23.2 Å². The summed E-state index contributed by atoms with van der Waals surface area (Å²) in [5, 5.41) is 15.1. The van der Waals surface area contributed by atoms with Crippen LogP contribution in [0.1, 0.15) is 53.1 Å². The Bertz CT molecular complexity index is 1700. The molecule has 0 aromatic heterocycles. The maximum absolute atomic E-state index is 10.9. The molecule has 218 valence electrons. The lowest BCUT2D eigenvalue weighted by atomic mass is 9.76. The molecule has 1 heterocycles. The molecule has 1 aliphatic carbocycles. The number of fused-ring (bicyclic) bond motifs is 3.